The molecule has 0 saturated carbocycles. The van der Waals surface area contributed by atoms with Gasteiger partial charge >= 0.3 is 0 Å². The van der Waals surface area contributed by atoms with Crippen molar-refractivity contribution >= 4 is 11.6 Å². The van der Waals surface area contributed by atoms with Crippen molar-refractivity contribution in [3.05, 3.63) is 34.9 Å². The lowest BCUT2D eigenvalue weighted by molar-refractivity contribution is -0.0315. The molecule has 0 spiro atoms. The molecule has 3 unspecified atom stereocenters. The normalized spacial score (nSPS) is 15.8. The van der Waals surface area contributed by atoms with Gasteiger partial charge in [-0.2, -0.15) is 0 Å². The third-order valence-electron chi connectivity index (χ3n) is 3.00. The highest BCUT2D eigenvalue weighted by Crippen LogP contribution is 2.15. The van der Waals surface area contributed by atoms with E-state index in [9.17, 15) is 5.11 Å². The van der Waals surface area contributed by atoms with Gasteiger partial charge < -0.3 is 19.9 Å². The molecule has 1 aromatic carbocycles. The molecule has 1 rings (SSSR count). The smallest absolute Gasteiger partial charge is 0.0898 e. The Kier molecular flexibility index (Phi) is 8.11. The quantitative estimate of drug-likeness (QED) is 0.735. The minimum Gasteiger partial charge on any atom is -0.389 e. The average Bonchev–Trinajstić information content (AvgIpc) is 2.43. The third kappa shape index (κ3) is 6.68. The van der Waals surface area contributed by atoms with Crippen molar-refractivity contribution in [1.82, 2.24) is 5.32 Å². The summed E-state index contributed by atoms with van der Waals surface area (Å²) >= 11 is 5.85. The van der Waals surface area contributed by atoms with Crippen molar-refractivity contribution in [3.63, 3.8) is 0 Å². The maximum atomic E-state index is 9.86. The van der Waals surface area contributed by atoms with Gasteiger partial charge in [0.2, 0.25) is 0 Å². The summed E-state index contributed by atoms with van der Waals surface area (Å²) in [5.41, 5.74) is 1.13. The van der Waals surface area contributed by atoms with Gasteiger partial charge in [0.25, 0.3) is 0 Å². The Morgan fingerprint density at radius 2 is 1.85 bits per heavy atom. The van der Waals surface area contributed by atoms with E-state index < -0.39 is 6.10 Å². The van der Waals surface area contributed by atoms with Crippen LogP contribution in [0, 0.1) is 0 Å². The molecule has 114 valence electrons. The Bertz CT molecular complexity index is 372. The van der Waals surface area contributed by atoms with Crippen molar-refractivity contribution in [1.29, 1.82) is 0 Å². The number of aliphatic hydroxyl groups is 1. The van der Waals surface area contributed by atoms with Gasteiger partial charge in [0.05, 0.1) is 25.4 Å². The number of rotatable bonds is 9. The minimum atomic E-state index is -0.538. The zero-order valence-corrected chi connectivity index (χ0v) is 13.1. The fraction of sp³-hybridized carbons (Fsp3) is 0.600. The van der Waals surface area contributed by atoms with E-state index in [2.05, 4.69) is 5.32 Å². The third-order valence-corrected chi connectivity index (χ3v) is 3.26. The molecule has 0 radical (unpaired) electrons. The fourth-order valence-corrected chi connectivity index (χ4v) is 1.93. The largest absolute Gasteiger partial charge is 0.389 e. The van der Waals surface area contributed by atoms with Gasteiger partial charge in [-0.15, -0.1) is 0 Å². The molecule has 0 aliphatic carbocycles. The van der Waals surface area contributed by atoms with Crippen LogP contribution in [0.1, 0.15) is 25.5 Å². The van der Waals surface area contributed by atoms with Crippen LogP contribution in [0.4, 0.5) is 0 Å². The molecule has 1 aromatic rings. The van der Waals surface area contributed by atoms with Gasteiger partial charge in [0.1, 0.15) is 0 Å². The van der Waals surface area contributed by atoms with Crippen molar-refractivity contribution in [3.8, 4) is 0 Å². The summed E-state index contributed by atoms with van der Waals surface area (Å²) in [4.78, 5) is 0. The minimum absolute atomic E-state index is 0.0108. The van der Waals surface area contributed by atoms with E-state index in [1.165, 1.54) is 0 Å². The van der Waals surface area contributed by atoms with E-state index >= 15 is 0 Å². The highest BCUT2D eigenvalue weighted by atomic mass is 35.5. The first kappa shape index (κ1) is 17.4. The Morgan fingerprint density at radius 1 is 1.20 bits per heavy atom. The van der Waals surface area contributed by atoms with Crippen LogP contribution in [0.25, 0.3) is 0 Å². The van der Waals surface area contributed by atoms with E-state index in [-0.39, 0.29) is 12.1 Å². The number of nitrogens with one attached hydrogen (secondary N) is 1. The molecule has 0 aromatic heterocycles. The van der Waals surface area contributed by atoms with Crippen LogP contribution >= 0.6 is 11.6 Å². The number of halogens is 1. The predicted molar refractivity (Wildman–Crippen MR) is 81.2 cm³/mol. The first-order chi connectivity index (χ1) is 9.52. The van der Waals surface area contributed by atoms with Gasteiger partial charge in [0.15, 0.2) is 0 Å². The second kappa shape index (κ2) is 9.32. The number of hydrogen-bond acceptors (Lipinski definition) is 4. The molecular formula is C15H24ClNO3. The molecule has 0 amide bonds. The second-order valence-electron chi connectivity index (χ2n) is 4.93. The standard InChI is InChI=1S/C15H24ClNO3/c1-11(9-19-3)20-10-15(18)8-17-12(2)13-4-6-14(16)7-5-13/h4-7,11-12,15,17-18H,8-10H2,1-3H3. The van der Waals surface area contributed by atoms with Crippen LogP contribution in [0.3, 0.4) is 0 Å². The van der Waals surface area contributed by atoms with E-state index in [1.807, 2.05) is 38.1 Å². The summed E-state index contributed by atoms with van der Waals surface area (Å²) in [6.07, 6.45) is -0.549. The van der Waals surface area contributed by atoms with Crippen LogP contribution in [0.2, 0.25) is 5.02 Å². The summed E-state index contributed by atoms with van der Waals surface area (Å²) in [5, 5.41) is 13.8. The Balaban J connectivity index is 2.26. The van der Waals surface area contributed by atoms with Crippen molar-refractivity contribution < 1.29 is 14.6 Å². The molecule has 0 aliphatic rings. The lowest BCUT2D eigenvalue weighted by atomic mass is 10.1. The molecule has 2 N–H and O–H groups in total. The molecule has 5 heteroatoms. The molecule has 0 aliphatic heterocycles. The highest BCUT2D eigenvalue weighted by molar-refractivity contribution is 6.30. The molecule has 3 atom stereocenters. The molecule has 0 fully saturated rings. The zero-order valence-electron chi connectivity index (χ0n) is 12.3. The number of hydrogen-bond donors (Lipinski definition) is 2. The van der Waals surface area contributed by atoms with Crippen molar-refractivity contribution in [2.45, 2.75) is 32.1 Å². The molecule has 20 heavy (non-hydrogen) atoms. The monoisotopic (exact) mass is 301 g/mol. The van der Waals surface area contributed by atoms with Gasteiger partial charge in [-0.3, -0.25) is 0 Å². The maximum absolute atomic E-state index is 9.86. The fourth-order valence-electron chi connectivity index (χ4n) is 1.80. The summed E-state index contributed by atoms with van der Waals surface area (Å²) < 4.78 is 10.4. The van der Waals surface area contributed by atoms with Gasteiger partial charge in [-0.25, -0.2) is 0 Å². The van der Waals surface area contributed by atoms with Gasteiger partial charge in [0, 0.05) is 24.7 Å². The zero-order chi connectivity index (χ0) is 15.0. The highest BCUT2D eigenvalue weighted by Gasteiger charge is 2.10. The number of methoxy groups -OCH3 is 1. The topological polar surface area (TPSA) is 50.7 Å². The summed E-state index contributed by atoms with van der Waals surface area (Å²) in [7, 11) is 1.63. The summed E-state index contributed by atoms with van der Waals surface area (Å²) in [6.45, 7) is 5.26. The average molecular weight is 302 g/mol. The molecular weight excluding hydrogens is 278 g/mol. The van der Waals surface area contributed by atoms with E-state index in [0.29, 0.717) is 19.8 Å². The SMILES string of the molecule is COCC(C)OCC(O)CNC(C)c1ccc(Cl)cc1. The predicted octanol–water partition coefficient (Wildman–Crippen LogP) is 2.40. The van der Waals surface area contributed by atoms with Crippen LogP contribution < -0.4 is 5.32 Å². The number of ether oxygens (including phenoxy) is 2. The molecule has 4 nitrogen and oxygen atoms in total. The Morgan fingerprint density at radius 3 is 2.45 bits per heavy atom. The van der Waals surface area contributed by atoms with Crippen LogP contribution in [-0.4, -0.2) is 44.2 Å². The summed E-state index contributed by atoms with van der Waals surface area (Å²) in [6, 6.07) is 7.83. The van der Waals surface area contributed by atoms with Gasteiger partial charge in [-0.1, -0.05) is 23.7 Å². The summed E-state index contributed by atoms with van der Waals surface area (Å²) in [5.74, 6) is 0. The number of aliphatic hydroxyl groups excluding tert-OH is 1. The maximum Gasteiger partial charge on any atom is 0.0898 e. The molecule has 0 heterocycles. The van der Waals surface area contributed by atoms with Crippen molar-refractivity contribution in [2.75, 3.05) is 26.9 Å². The van der Waals surface area contributed by atoms with E-state index in [4.69, 9.17) is 21.1 Å². The van der Waals surface area contributed by atoms with Crippen LogP contribution in [0.15, 0.2) is 24.3 Å². The van der Waals surface area contributed by atoms with Gasteiger partial charge in [-0.05, 0) is 31.5 Å². The second-order valence-corrected chi connectivity index (χ2v) is 5.37. The molecule has 0 saturated heterocycles. The van der Waals surface area contributed by atoms with Crippen LogP contribution in [-0.2, 0) is 9.47 Å². The first-order valence-electron chi connectivity index (χ1n) is 6.80. The Labute approximate surface area is 126 Å². The first-order valence-corrected chi connectivity index (χ1v) is 7.18. The Hall–Kier alpha value is -0.650. The van der Waals surface area contributed by atoms with Crippen molar-refractivity contribution in [2.24, 2.45) is 0 Å². The lowest BCUT2D eigenvalue weighted by Gasteiger charge is -2.19. The van der Waals surface area contributed by atoms with E-state index in [0.717, 1.165) is 10.6 Å². The lowest BCUT2D eigenvalue weighted by Crippen LogP contribution is -2.33. The molecule has 0 bridgehead atoms. The van der Waals surface area contributed by atoms with E-state index in [1.54, 1.807) is 7.11 Å². The number of benzene rings is 1. The van der Waals surface area contributed by atoms with Crippen LogP contribution in [0.5, 0.6) is 0 Å².